The number of nitrogens with two attached hydrogens (primary N) is 1. The molecule has 0 radical (unpaired) electrons. The Morgan fingerprint density at radius 1 is 1.61 bits per heavy atom. The number of nitrogens with zero attached hydrogens (tertiary/aromatic N) is 1. The third-order valence-electron chi connectivity index (χ3n) is 3.20. The van der Waals surface area contributed by atoms with Gasteiger partial charge in [-0.3, -0.25) is 4.79 Å². The predicted octanol–water partition coefficient (Wildman–Crippen LogP) is 0.0679. The lowest BCUT2D eigenvalue weighted by molar-refractivity contribution is 0.0644. The van der Waals surface area contributed by atoms with Crippen LogP contribution in [0.15, 0.2) is 24.3 Å². The Bertz CT molecular complexity index is 422. The van der Waals surface area contributed by atoms with E-state index >= 15 is 0 Å². The van der Waals surface area contributed by atoms with Crippen molar-refractivity contribution in [2.24, 2.45) is 5.73 Å². The van der Waals surface area contributed by atoms with Crippen molar-refractivity contribution in [1.82, 2.24) is 10.2 Å². The summed E-state index contributed by atoms with van der Waals surface area (Å²) in [6.45, 7) is 2.74. The second-order valence-corrected chi connectivity index (χ2v) is 4.32. The van der Waals surface area contributed by atoms with Crippen LogP contribution in [0.25, 0.3) is 0 Å². The number of hydrogen-bond acceptors (Lipinski definition) is 4. The molecular formula is C13H19N3O2. The molecule has 5 nitrogen and oxygen atoms in total. The number of ether oxygens (including phenoxy) is 1. The zero-order chi connectivity index (χ0) is 13.0. The van der Waals surface area contributed by atoms with E-state index in [0.29, 0.717) is 24.4 Å². The van der Waals surface area contributed by atoms with Crippen molar-refractivity contribution in [1.29, 1.82) is 0 Å². The standard InChI is InChI=1S/C13H19N3O2/c1-18-12-4-2-3-10(7-12)13(17)16-6-5-15-9-11(16)8-14/h2-4,7,11,15H,5-6,8-9,14H2,1H3. The summed E-state index contributed by atoms with van der Waals surface area (Å²) >= 11 is 0. The van der Waals surface area contributed by atoms with Gasteiger partial charge in [0.15, 0.2) is 0 Å². The SMILES string of the molecule is COc1cccc(C(=O)N2CCNCC2CN)c1. The molecule has 1 aliphatic heterocycles. The van der Waals surface area contributed by atoms with E-state index in [0.717, 1.165) is 13.1 Å². The maximum atomic E-state index is 12.4. The van der Waals surface area contributed by atoms with E-state index in [2.05, 4.69) is 5.32 Å². The number of piperazine rings is 1. The molecule has 1 aromatic rings. The van der Waals surface area contributed by atoms with Crippen LogP contribution in [0.4, 0.5) is 0 Å². The predicted molar refractivity (Wildman–Crippen MR) is 69.7 cm³/mol. The zero-order valence-electron chi connectivity index (χ0n) is 10.6. The zero-order valence-corrected chi connectivity index (χ0v) is 10.6. The van der Waals surface area contributed by atoms with Gasteiger partial charge in [0.1, 0.15) is 5.75 Å². The molecule has 3 N–H and O–H groups in total. The van der Waals surface area contributed by atoms with Crippen LogP contribution in [0.5, 0.6) is 5.75 Å². The molecule has 1 fully saturated rings. The van der Waals surface area contributed by atoms with Crippen LogP contribution in [0.1, 0.15) is 10.4 Å². The minimum absolute atomic E-state index is 0.0193. The van der Waals surface area contributed by atoms with Crippen LogP contribution >= 0.6 is 0 Å². The van der Waals surface area contributed by atoms with E-state index in [1.165, 1.54) is 0 Å². The van der Waals surface area contributed by atoms with Crippen molar-refractivity contribution < 1.29 is 9.53 Å². The fourth-order valence-corrected chi connectivity index (χ4v) is 2.16. The monoisotopic (exact) mass is 249 g/mol. The minimum Gasteiger partial charge on any atom is -0.497 e. The van der Waals surface area contributed by atoms with Crippen LogP contribution in [0, 0.1) is 0 Å². The average Bonchev–Trinajstić information content (AvgIpc) is 2.46. The molecule has 1 saturated heterocycles. The van der Waals surface area contributed by atoms with Gasteiger partial charge in [0.25, 0.3) is 5.91 Å². The lowest BCUT2D eigenvalue weighted by Gasteiger charge is -2.35. The molecule has 2 rings (SSSR count). The van der Waals surface area contributed by atoms with Crippen LogP contribution in [0.3, 0.4) is 0 Å². The topological polar surface area (TPSA) is 67.6 Å². The minimum atomic E-state index is 0.0193. The highest BCUT2D eigenvalue weighted by molar-refractivity contribution is 5.95. The molecule has 1 aromatic carbocycles. The maximum Gasteiger partial charge on any atom is 0.254 e. The quantitative estimate of drug-likeness (QED) is 0.795. The molecule has 18 heavy (non-hydrogen) atoms. The number of carbonyl (C=O) groups excluding carboxylic acids is 1. The van der Waals surface area contributed by atoms with Crippen molar-refractivity contribution in [3.8, 4) is 5.75 Å². The van der Waals surface area contributed by atoms with Gasteiger partial charge in [0, 0.05) is 31.7 Å². The summed E-state index contributed by atoms with van der Waals surface area (Å²) in [4.78, 5) is 14.3. The summed E-state index contributed by atoms with van der Waals surface area (Å²) in [6, 6.07) is 7.29. The van der Waals surface area contributed by atoms with Gasteiger partial charge in [-0.05, 0) is 18.2 Å². The molecular weight excluding hydrogens is 230 g/mol. The molecule has 0 spiro atoms. The van der Waals surface area contributed by atoms with Crippen LogP contribution in [0.2, 0.25) is 0 Å². The van der Waals surface area contributed by atoms with Crippen molar-refractivity contribution >= 4 is 5.91 Å². The number of rotatable bonds is 3. The largest absolute Gasteiger partial charge is 0.497 e. The van der Waals surface area contributed by atoms with Crippen molar-refractivity contribution in [3.05, 3.63) is 29.8 Å². The first-order chi connectivity index (χ1) is 8.76. The third-order valence-corrected chi connectivity index (χ3v) is 3.20. The second-order valence-electron chi connectivity index (χ2n) is 4.32. The van der Waals surface area contributed by atoms with Gasteiger partial charge in [0.2, 0.25) is 0 Å². The summed E-state index contributed by atoms with van der Waals surface area (Å²) < 4.78 is 5.14. The van der Waals surface area contributed by atoms with Crippen molar-refractivity contribution in [2.75, 3.05) is 33.3 Å². The summed E-state index contributed by atoms with van der Waals surface area (Å²) in [6.07, 6.45) is 0. The van der Waals surface area contributed by atoms with Gasteiger partial charge in [0.05, 0.1) is 13.2 Å². The molecule has 1 amide bonds. The first-order valence-electron chi connectivity index (χ1n) is 6.12. The lowest BCUT2D eigenvalue weighted by atomic mass is 10.1. The first-order valence-corrected chi connectivity index (χ1v) is 6.12. The van der Waals surface area contributed by atoms with E-state index < -0.39 is 0 Å². The number of benzene rings is 1. The molecule has 0 bridgehead atoms. The fraction of sp³-hybridized carbons (Fsp3) is 0.462. The highest BCUT2D eigenvalue weighted by Crippen LogP contribution is 2.16. The molecule has 0 aromatic heterocycles. The molecule has 0 aliphatic carbocycles. The molecule has 5 heteroatoms. The van der Waals surface area contributed by atoms with Gasteiger partial charge in [-0.25, -0.2) is 0 Å². The Kier molecular flexibility index (Phi) is 4.17. The normalized spacial score (nSPS) is 19.7. The van der Waals surface area contributed by atoms with E-state index in [-0.39, 0.29) is 11.9 Å². The van der Waals surface area contributed by atoms with Crippen LogP contribution < -0.4 is 15.8 Å². The van der Waals surface area contributed by atoms with E-state index in [9.17, 15) is 4.79 Å². The Morgan fingerprint density at radius 3 is 3.17 bits per heavy atom. The number of methoxy groups -OCH3 is 1. The van der Waals surface area contributed by atoms with Gasteiger partial charge in [-0.2, -0.15) is 0 Å². The van der Waals surface area contributed by atoms with Crippen molar-refractivity contribution in [3.63, 3.8) is 0 Å². The van der Waals surface area contributed by atoms with Gasteiger partial charge in [-0.1, -0.05) is 6.07 Å². The first kappa shape index (κ1) is 12.9. The smallest absolute Gasteiger partial charge is 0.254 e. The molecule has 1 heterocycles. The summed E-state index contributed by atoms with van der Waals surface area (Å²) in [7, 11) is 1.59. The average molecular weight is 249 g/mol. The van der Waals surface area contributed by atoms with E-state index in [4.69, 9.17) is 10.5 Å². The number of amides is 1. The Labute approximate surface area is 107 Å². The lowest BCUT2D eigenvalue weighted by Crippen LogP contribution is -2.56. The molecule has 98 valence electrons. The Balaban J connectivity index is 2.18. The molecule has 1 unspecified atom stereocenters. The number of hydrogen-bond donors (Lipinski definition) is 2. The molecule has 1 atom stereocenters. The number of carbonyl (C=O) groups is 1. The van der Waals surface area contributed by atoms with Gasteiger partial charge >= 0.3 is 0 Å². The maximum absolute atomic E-state index is 12.4. The van der Waals surface area contributed by atoms with Crippen LogP contribution in [-0.2, 0) is 0 Å². The van der Waals surface area contributed by atoms with E-state index in [1.807, 2.05) is 17.0 Å². The van der Waals surface area contributed by atoms with Gasteiger partial charge < -0.3 is 20.7 Å². The third kappa shape index (κ3) is 2.63. The van der Waals surface area contributed by atoms with Crippen molar-refractivity contribution in [2.45, 2.75) is 6.04 Å². The summed E-state index contributed by atoms with van der Waals surface area (Å²) in [5.41, 5.74) is 6.35. The highest BCUT2D eigenvalue weighted by atomic mass is 16.5. The molecule has 0 saturated carbocycles. The van der Waals surface area contributed by atoms with Gasteiger partial charge in [-0.15, -0.1) is 0 Å². The summed E-state index contributed by atoms with van der Waals surface area (Å²) in [5, 5.41) is 3.25. The summed E-state index contributed by atoms with van der Waals surface area (Å²) in [5.74, 6) is 0.714. The van der Waals surface area contributed by atoms with Crippen LogP contribution in [-0.4, -0.2) is 50.1 Å². The Hall–Kier alpha value is -1.59. The molecule has 1 aliphatic rings. The highest BCUT2D eigenvalue weighted by Gasteiger charge is 2.26. The Morgan fingerprint density at radius 2 is 2.44 bits per heavy atom. The second kappa shape index (κ2) is 5.84. The fourth-order valence-electron chi connectivity index (χ4n) is 2.16. The number of nitrogens with one attached hydrogen (secondary N) is 1. The van der Waals surface area contributed by atoms with E-state index in [1.54, 1.807) is 19.2 Å².